The predicted molar refractivity (Wildman–Crippen MR) is 45.5 cm³/mol. The summed E-state index contributed by atoms with van der Waals surface area (Å²) in [5, 5.41) is 0. The highest BCUT2D eigenvalue weighted by molar-refractivity contribution is 6.17. The van der Waals surface area contributed by atoms with Crippen molar-refractivity contribution in [3.05, 3.63) is 35.1 Å². The van der Waals surface area contributed by atoms with E-state index >= 15 is 0 Å². The number of halogens is 3. The largest absolute Gasteiger partial charge is 0.207 e. The van der Waals surface area contributed by atoms with Crippen LogP contribution in [0.2, 0.25) is 0 Å². The minimum absolute atomic E-state index is 0.279. The normalized spacial score (nSPS) is 10.1. The van der Waals surface area contributed by atoms with Crippen LogP contribution in [-0.4, -0.2) is 0 Å². The molecule has 0 atom stereocenters. The van der Waals surface area contributed by atoms with Gasteiger partial charge in [0.15, 0.2) is 0 Å². The van der Waals surface area contributed by atoms with Gasteiger partial charge in [-0.15, -0.1) is 23.2 Å². The Bertz CT molecular complexity index is 226. The van der Waals surface area contributed by atoms with Gasteiger partial charge in [0.2, 0.25) is 0 Å². The highest BCUT2D eigenvalue weighted by Gasteiger charge is 1.98. The van der Waals surface area contributed by atoms with Crippen LogP contribution >= 0.6 is 23.2 Å². The van der Waals surface area contributed by atoms with Gasteiger partial charge < -0.3 is 0 Å². The second kappa shape index (κ2) is 3.93. The van der Waals surface area contributed by atoms with Gasteiger partial charge in [-0.1, -0.05) is 6.07 Å². The first-order valence-corrected chi connectivity index (χ1v) is 4.23. The summed E-state index contributed by atoms with van der Waals surface area (Å²) in [4.78, 5) is 0. The quantitative estimate of drug-likeness (QED) is 0.632. The van der Waals surface area contributed by atoms with Crippen LogP contribution in [-0.2, 0) is 11.8 Å². The second-order valence-corrected chi connectivity index (χ2v) is 2.77. The van der Waals surface area contributed by atoms with Crippen LogP contribution in [0.5, 0.6) is 0 Å². The van der Waals surface area contributed by atoms with Crippen molar-refractivity contribution in [3.63, 3.8) is 0 Å². The Labute approximate surface area is 74.9 Å². The van der Waals surface area contributed by atoms with E-state index in [4.69, 9.17) is 23.2 Å². The van der Waals surface area contributed by atoms with Gasteiger partial charge in [-0.25, -0.2) is 4.39 Å². The molecular weight excluding hydrogens is 186 g/mol. The summed E-state index contributed by atoms with van der Waals surface area (Å²) in [6.45, 7) is 0. The molecule has 0 nitrogen and oxygen atoms in total. The lowest BCUT2D eigenvalue weighted by atomic mass is 10.1. The maximum Gasteiger partial charge on any atom is 0.123 e. The molecule has 0 saturated carbocycles. The fraction of sp³-hybridized carbons (Fsp3) is 0.250. The standard InChI is InChI=1S/C8H7Cl2F/c9-4-6-1-7(5-10)3-8(11)2-6/h1-3H,4-5H2. The molecule has 0 radical (unpaired) electrons. The Morgan fingerprint density at radius 2 is 1.45 bits per heavy atom. The van der Waals surface area contributed by atoms with E-state index in [2.05, 4.69) is 0 Å². The zero-order valence-corrected chi connectivity index (χ0v) is 7.29. The molecule has 0 aromatic heterocycles. The van der Waals surface area contributed by atoms with Crippen LogP contribution in [0.15, 0.2) is 18.2 Å². The van der Waals surface area contributed by atoms with Crippen LogP contribution in [0.1, 0.15) is 11.1 Å². The zero-order chi connectivity index (χ0) is 8.27. The number of hydrogen-bond donors (Lipinski definition) is 0. The van der Waals surface area contributed by atoms with E-state index in [1.807, 2.05) is 0 Å². The molecule has 0 fully saturated rings. The molecule has 11 heavy (non-hydrogen) atoms. The molecule has 1 aromatic carbocycles. The Morgan fingerprint density at radius 1 is 1.00 bits per heavy atom. The van der Waals surface area contributed by atoms with Crippen molar-refractivity contribution in [1.29, 1.82) is 0 Å². The van der Waals surface area contributed by atoms with E-state index in [0.29, 0.717) is 11.8 Å². The average molecular weight is 193 g/mol. The third kappa shape index (κ3) is 2.35. The van der Waals surface area contributed by atoms with Crippen molar-refractivity contribution in [2.24, 2.45) is 0 Å². The van der Waals surface area contributed by atoms with Crippen LogP contribution in [0.4, 0.5) is 4.39 Å². The van der Waals surface area contributed by atoms with Crippen molar-refractivity contribution in [3.8, 4) is 0 Å². The molecule has 0 aliphatic heterocycles. The van der Waals surface area contributed by atoms with E-state index in [0.717, 1.165) is 11.1 Å². The van der Waals surface area contributed by atoms with Crippen LogP contribution in [0.25, 0.3) is 0 Å². The van der Waals surface area contributed by atoms with E-state index in [1.165, 1.54) is 12.1 Å². The Kier molecular flexibility index (Phi) is 3.16. The lowest BCUT2D eigenvalue weighted by Crippen LogP contribution is -1.85. The minimum atomic E-state index is -0.279. The summed E-state index contributed by atoms with van der Waals surface area (Å²) in [6.07, 6.45) is 0. The van der Waals surface area contributed by atoms with Crippen LogP contribution in [0, 0.1) is 5.82 Å². The molecule has 0 aliphatic carbocycles. The monoisotopic (exact) mass is 192 g/mol. The first-order chi connectivity index (χ1) is 5.26. The first-order valence-electron chi connectivity index (χ1n) is 3.16. The molecule has 1 rings (SSSR count). The maximum absolute atomic E-state index is 12.7. The number of alkyl halides is 2. The Morgan fingerprint density at radius 3 is 1.82 bits per heavy atom. The molecule has 0 aliphatic rings. The van der Waals surface area contributed by atoms with Gasteiger partial charge in [0.25, 0.3) is 0 Å². The van der Waals surface area contributed by atoms with Crippen molar-refractivity contribution in [2.75, 3.05) is 0 Å². The third-order valence-electron chi connectivity index (χ3n) is 1.33. The van der Waals surface area contributed by atoms with Gasteiger partial charge in [-0.05, 0) is 23.3 Å². The van der Waals surface area contributed by atoms with Gasteiger partial charge in [-0.3, -0.25) is 0 Å². The van der Waals surface area contributed by atoms with E-state index in [9.17, 15) is 4.39 Å². The van der Waals surface area contributed by atoms with E-state index in [1.54, 1.807) is 6.07 Å². The summed E-state index contributed by atoms with van der Waals surface area (Å²) < 4.78 is 12.7. The van der Waals surface area contributed by atoms with Gasteiger partial charge in [-0.2, -0.15) is 0 Å². The van der Waals surface area contributed by atoms with Crippen molar-refractivity contribution in [1.82, 2.24) is 0 Å². The highest BCUT2D eigenvalue weighted by Crippen LogP contribution is 2.12. The SMILES string of the molecule is Fc1cc(CCl)cc(CCl)c1. The summed E-state index contributed by atoms with van der Waals surface area (Å²) in [6, 6.07) is 4.61. The summed E-state index contributed by atoms with van der Waals surface area (Å²) >= 11 is 11.0. The topological polar surface area (TPSA) is 0 Å². The van der Waals surface area contributed by atoms with Gasteiger partial charge in [0.05, 0.1) is 0 Å². The molecular formula is C8H7Cl2F. The molecule has 0 unspecified atom stereocenters. The molecule has 3 heteroatoms. The third-order valence-corrected chi connectivity index (χ3v) is 1.94. The second-order valence-electron chi connectivity index (χ2n) is 2.23. The molecule has 60 valence electrons. The van der Waals surface area contributed by atoms with Gasteiger partial charge in [0, 0.05) is 11.8 Å². The zero-order valence-electron chi connectivity index (χ0n) is 5.78. The molecule has 0 amide bonds. The average Bonchev–Trinajstić information content (AvgIpc) is 2.03. The fourth-order valence-corrected chi connectivity index (χ4v) is 1.18. The number of rotatable bonds is 2. The van der Waals surface area contributed by atoms with Crippen molar-refractivity contribution in [2.45, 2.75) is 11.8 Å². The fourth-order valence-electron chi connectivity index (χ4n) is 0.872. The molecule has 0 N–H and O–H groups in total. The Balaban J connectivity index is 3.02. The highest BCUT2D eigenvalue weighted by atomic mass is 35.5. The number of hydrogen-bond acceptors (Lipinski definition) is 0. The summed E-state index contributed by atoms with van der Waals surface area (Å²) in [5.74, 6) is 0.363. The minimum Gasteiger partial charge on any atom is -0.207 e. The summed E-state index contributed by atoms with van der Waals surface area (Å²) in [7, 11) is 0. The smallest absolute Gasteiger partial charge is 0.123 e. The lowest BCUT2D eigenvalue weighted by Gasteiger charge is -1.99. The van der Waals surface area contributed by atoms with Gasteiger partial charge in [0.1, 0.15) is 5.82 Å². The van der Waals surface area contributed by atoms with Gasteiger partial charge >= 0.3 is 0 Å². The molecule has 0 spiro atoms. The van der Waals surface area contributed by atoms with Crippen molar-refractivity contribution < 1.29 is 4.39 Å². The molecule has 1 aromatic rings. The maximum atomic E-state index is 12.7. The first kappa shape index (κ1) is 8.82. The van der Waals surface area contributed by atoms with Crippen LogP contribution in [0.3, 0.4) is 0 Å². The Hall–Kier alpha value is -0.270. The lowest BCUT2D eigenvalue weighted by molar-refractivity contribution is 0.625. The van der Waals surface area contributed by atoms with Crippen LogP contribution < -0.4 is 0 Å². The van der Waals surface area contributed by atoms with E-state index in [-0.39, 0.29) is 5.82 Å². The molecule has 0 bridgehead atoms. The molecule has 0 heterocycles. The van der Waals surface area contributed by atoms with E-state index < -0.39 is 0 Å². The summed E-state index contributed by atoms with van der Waals surface area (Å²) in [5.41, 5.74) is 1.53. The number of benzene rings is 1. The van der Waals surface area contributed by atoms with Crippen molar-refractivity contribution >= 4 is 23.2 Å². The molecule has 0 saturated heterocycles. The predicted octanol–water partition coefficient (Wildman–Crippen LogP) is 3.30.